The zero-order valence-electron chi connectivity index (χ0n) is 11.8. The lowest BCUT2D eigenvalue weighted by Gasteiger charge is -2.20. The fourth-order valence-electron chi connectivity index (χ4n) is 2.50. The highest BCUT2D eigenvalue weighted by Crippen LogP contribution is 2.20. The lowest BCUT2D eigenvalue weighted by molar-refractivity contribution is 0.0946. The summed E-state index contributed by atoms with van der Waals surface area (Å²) in [6.45, 7) is 7.18. The van der Waals surface area contributed by atoms with E-state index in [4.69, 9.17) is 0 Å². The van der Waals surface area contributed by atoms with E-state index in [9.17, 15) is 9.18 Å². The van der Waals surface area contributed by atoms with Gasteiger partial charge in [-0.05, 0) is 66.9 Å². The maximum absolute atomic E-state index is 13.0. The molecule has 0 bridgehead atoms. The molecule has 1 saturated heterocycles. The van der Waals surface area contributed by atoms with Crippen LogP contribution in [-0.4, -0.2) is 36.5 Å². The fourth-order valence-corrected chi connectivity index (χ4v) is 3.04. The molecule has 1 atom stereocenters. The van der Waals surface area contributed by atoms with Crippen LogP contribution < -0.4 is 5.32 Å². The molecular weight excluding hydrogens is 323 g/mol. The van der Waals surface area contributed by atoms with Crippen LogP contribution in [0.2, 0.25) is 0 Å². The third kappa shape index (κ3) is 3.79. The normalized spacial score (nSPS) is 19.6. The SMILES string of the molecule is CC(C)N1CCC(CNC(=O)c2ccc(F)cc2Br)C1. The molecule has 1 unspecified atom stereocenters. The predicted molar refractivity (Wildman–Crippen MR) is 81.2 cm³/mol. The minimum atomic E-state index is -0.350. The molecule has 0 saturated carbocycles. The summed E-state index contributed by atoms with van der Waals surface area (Å²) < 4.78 is 13.5. The topological polar surface area (TPSA) is 32.3 Å². The number of halogens is 2. The Balaban J connectivity index is 1.87. The number of carbonyl (C=O) groups is 1. The maximum Gasteiger partial charge on any atom is 0.252 e. The number of carbonyl (C=O) groups excluding carboxylic acids is 1. The summed E-state index contributed by atoms with van der Waals surface area (Å²) in [5.41, 5.74) is 0.477. The monoisotopic (exact) mass is 342 g/mol. The average Bonchev–Trinajstić information content (AvgIpc) is 2.85. The summed E-state index contributed by atoms with van der Waals surface area (Å²) in [5, 5.41) is 2.94. The highest BCUT2D eigenvalue weighted by atomic mass is 79.9. The predicted octanol–water partition coefficient (Wildman–Crippen LogP) is 3.05. The van der Waals surface area contributed by atoms with Crippen molar-refractivity contribution in [1.29, 1.82) is 0 Å². The summed E-state index contributed by atoms with van der Waals surface area (Å²) >= 11 is 3.22. The summed E-state index contributed by atoms with van der Waals surface area (Å²) in [7, 11) is 0. The van der Waals surface area contributed by atoms with E-state index in [1.54, 1.807) is 0 Å². The van der Waals surface area contributed by atoms with Gasteiger partial charge in [0.2, 0.25) is 0 Å². The van der Waals surface area contributed by atoms with Crippen molar-refractivity contribution in [2.45, 2.75) is 26.3 Å². The molecule has 0 radical (unpaired) electrons. The molecule has 1 aliphatic heterocycles. The van der Waals surface area contributed by atoms with E-state index in [-0.39, 0.29) is 11.7 Å². The molecule has 110 valence electrons. The van der Waals surface area contributed by atoms with Crippen LogP contribution in [0.25, 0.3) is 0 Å². The van der Waals surface area contributed by atoms with Crippen LogP contribution in [0.1, 0.15) is 30.6 Å². The smallest absolute Gasteiger partial charge is 0.252 e. The molecular formula is C15H20BrFN2O. The first kappa shape index (κ1) is 15.4. The molecule has 1 aromatic carbocycles. The van der Waals surface area contributed by atoms with Gasteiger partial charge < -0.3 is 10.2 Å². The van der Waals surface area contributed by atoms with Crippen LogP contribution in [0, 0.1) is 11.7 Å². The van der Waals surface area contributed by atoms with E-state index >= 15 is 0 Å². The van der Waals surface area contributed by atoms with E-state index in [0.717, 1.165) is 19.5 Å². The third-order valence-corrected chi connectivity index (χ3v) is 4.43. The zero-order chi connectivity index (χ0) is 14.7. The molecule has 1 N–H and O–H groups in total. The van der Waals surface area contributed by atoms with Crippen molar-refractivity contribution in [2.24, 2.45) is 5.92 Å². The number of hydrogen-bond donors (Lipinski definition) is 1. The molecule has 1 aromatic rings. The lowest BCUT2D eigenvalue weighted by atomic mass is 10.1. The highest BCUT2D eigenvalue weighted by molar-refractivity contribution is 9.10. The fraction of sp³-hybridized carbons (Fsp3) is 0.533. The summed E-state index contributed by atoms with van der Waals surface area (Å²) in [4.78, 5) is 14.5. The van der Waals surface area contributed by atoms with E-state index in [1.807, 2.05) is 0 Å². The molecule has 3 nitrogen and oxygen atoms in total. The standard InChI is InChI=1S/C15H20BrFN2O/c1-10(2)19-6-5-11(9-19)8-18-15(20)13-4-3-12(17)7-14(13)16/h3-4,7,10-11H,5-6,8-9H2,1-2H3,(H,18,20). The Morgan fingerprint density at radius 2 is 2.30 bits per heavy atom. The zero-order valence-corrected chi connectivity index (χ0v) is 13.4. The third-order valence-electron chi connectivity index (χ3n) is 3.77. The number of benzene rings is 1. The second kappa shape index (κ2) is 6.68. The molecule has 1 fully saturated rings. The quantitative estimate of drug-likeness (QED) is 0.911. The van der Waals surface area contributed by atoms with Gasteiger partial charge in [-0.25, -0.2) is 4.39 Å². The van der Waals surface area contributed by atoms with Crippen LogP contribution in [0.15, 0.2) is 22.7 Å². The minimum absolute atomic E-state index is 0.153. The van der Waals surface area contributed by atoms with Crippen LogP contribution in [0.3, 0.4) is 0 Å². The summed E-state index contributed by atoms with van der Waals surface area (Å²) in [5.74, 6) is -0.00256. The van der Waals surface area contributed by atoms with Gasteiger partial charge in [-0.15, -0.1) is 0 Å². The van der Waals surface area contributed by atoms with Gasteiger partial charge in [-0.2, -0.15) is 0 Å². The molecule has 0 spiro atoms. The van der Waals surface area contributed by atoms with Crippen molar-refractivity contribution in [2.75, 3.05) is 19.6 Å². The first-order valence-corrected chi connectivity index (χ1v) is 7.74. The summed E-state index contributed by atoms with van der Waals surface area (Å²) in [6.07, 6.45) is 1.11. The number of likely N-dealkylation sites (tertiary alicyclic amines) is 1. The van der Waals surface area contributed by atoms with Gasteiger partial charge in [-0.3, -0.25) is 4.79 Å². The van der Waals surface area contributed by atoms with Gasteiger partial charge in [-0.1, -0.05) is 0 Å². The molecule has 0 aliphatic carbocycles. The Kier molecular flexibility index (Phi) is 5.16. The average molecular weight is 343 g/mol. The van der Waals surface area contributed by atoms with Crippen LogP contribution in [0.5, 0.6) is 0 Å². The van der Waals surface area contributed by atoms with Crippen LogP contribution in [-0.2, 0) is 0 Å². The molecule has 1 heterocycles. The van der Waals surface area contributed by atoms with E-state index in [1.165, 1.54) is 18.2 Å². The Morgan fingerprint density at radius 1 is 1.55 bits per heavy atom. The van der Waals surface area contributed by atoms with Gasteiger partial charge in [0, 0.05) is 23.6 Å². The Hall–Kier alpha value is -0.940. The largest absolute Gasteiger partial charge is 0.352 e. The molecule has 1 aliphatic rings. The van der Waals surface area contributed by atoms with E-state index in [0.29, 0.717) is 28.5 Å². The van der Waals surface area contributed by atoms with Crippen molar-refractivity contribution < 1.29 is 9.18 Å². The molecule has 20 heavy (non-hydrogen) atoms. The van der Waals surface area contributed by atoms with Crippen molar-refractivity contribution in [3.63, 3.8) is 0 Å². The van der Waals surface area contributed by atoms with Crippen molar-refractivity contribution in [1.82, 2.24) is 10.2 Å². The van der Waals surface area contributed by atoms with Crippen LogP contribution >= 0.6 is 15.9 Å². The molecule has 2 rings (SSSR count). The lowest BCUT2D eigenvalue weighted by Crippen LogP contribution is -2.33. The van der Waals surface area contributed by atoms with Gasteiger partial charge in [0.15, 0.2) is 0 Å². The highest BCUT2D eigenvalue weighted by Gasteiger charge is 2.24. The number of amides is 1. The van der Waals surface area contributed by atoms with Crippen molar-refractivity contribution >= 4 is 21.8 Å². The second-order valence-corrected chi connectivity index (χ2v) is 6.43. The van der Waals surface area contributed by atoms with E-state index in [2.05, 4.69) is 40.0 Å². The van der Waals surface area contributed by atoms with E-state index < -0.39 is 0 Å². The number of rotatable bonds is 4. The van der Waals surface area contributed by atoms with Crippen LogP contribution in [0.4, 0.5) is 4.39 Å². The van der Waals surface area contributed by atoms with Gasteiger partial charge in [0.05, 0.1) is 5.56 Å². The number of hydrogen-bond acceptors (Lipinski definition) is 2. The van der Waals surface area contributed by atoms with Crippen molar-refractivity contribution in [3.05, 3.63) is 34.1 Å². The summed E-state index contributed by atoms with van der Waals surface area (Å²) in [6, 6.07) is 4.67. The molecule has 1 amide bonds. The number of nitrogens with one attached hydrogen (secondary N) is 1. The van der Waals surface area contributed by atoms with Gasteiger partial charge in [0.1, 0.15) is 5.82 Å². The van der Waals surface area contributed by atoms with Gasteiger partial charge in [0.25, 0.3) is 5.91 Å². The first-order valence-electron chi connectivity index (χ1n) is 6.94. The van der Waals surface area contributed by atoms with Crippen molar-refractivity contribution in [3.8, 4) is 0 Å². The Bertz CT molecular complexity index is 493. The minimum Gasteiger partial charge on any atom is -0.352 e. The second-order valence-electron chi connectivity index (χ2n) is 5.58. The Morgan fingerprint density at radius 3 is 2.90 bits per heavy atom. The number of nitrogens with zero attached hydrogens (tertiary/aromatic N) is 1. The first-order chi connectivity index (χ1) is 9.47. The maximum atomic E-state index is 13.0. The molecule has 0 aromatic heterocycles. The molecule has 5 heteroatoms. The Labute approximate surface area is 127 Å². The van der Waals surface area contributed by atoms with Gasteiger partial charge >= 0.3 is 0 Å².